The average Bonchev–Trinajstić information content (AvgIpc) is 2.99. The van der Waals surface area contributed by atoms with Crippen LogP contribution in [0.1, 0.15) is 0 Å². The number of thioether (sulfide) groups is 1. The van der Waals surface area contributed by atoms with Crippen LogP contribution in [0, 0.1) is 0 Å². The molecular formula is C16H15N5O2S. The highest BCUT2D eigenvalue weighted by molar-refractivity contribution is 7.99. The van der Waals surface area contributed by atoms with E-state index in [0.29, 0.717) is 16.6 Å². The number of benzene rings is 2. The topological polar surface area (TPSA) is 81.9 Å². The Labute approximate surface area is 143 Å². The lowest BCUT2D eigenvalue weighted by molar-refractivity contribution is -0.113. The molecule has 24 heavy (non-hydrogen) atoms. The first kappa shape index (κ1) is 16.0. The fourth-order valence-electron chi connectivity index (χ4n) is 1.93. The summed E-state index contributed by atoms with van der Waals surface area (Å²) in [5, 5.41) is 14.5. The number of nitrogens with zero attached hydrogens (tertiary/aromatic N) is 4. The summed E-state index contributed by atoms with van der Waals surface area (Å²) >= 11 is 1.27. The van der Waals surface area contributed by atoms with Crippen LogP contribution in [0.3, 0.4) is 0 Å². The Morgan fingerprint density at radius 1 is 1.17 bits per heavy atom. The Bertz CT molecular complexity index is 822. The predicted octanol–water partition coefficient (Wildman–Crippen LogP) is 2.73. The average molecular weight is 341 g/mol. The zero-order chi connectivity index (χ0) is 16.8. The van der Waals surface area contributed by atoms with Gasteiger partial charge in [-0.05, 0) is 34.7 Å². The van der Waals surface area contributed by atoms with Crippen LogP contribution in [0.5, 0.6) is 11.5 Å². The van der Waals surface area contributed by atoms with Crippen molar-refractivity contribution in [3.05, 3.63) is 54.6 Å². The van der Waals surface area contributed by atoms with Gasteiger partial charge in [0.05, 0.1) is 5.75 Å². The maximum absolute atomic E-state index is 12.0. The molecule has 0 saturated heterocycles. The molecule has 0 bridgehead atoms. The van der Waals surface area contributed by atoms with E-state index in [9.17, 15) is 4.79 Å². The van der Waals surface area contributed by atoms with E-state index in [1.54, 1.807) is 13.1 Å². The normalized spacial score (nSPS) is 10.4. The largest absolute Gasteiger partial charge is 0.457 e. The van der Waals surface area contributed by atoms with Gasteiger partial charge in [0, 0.05) is 18.8 Å². The molecule has 1 N–H and O–H groups in total. The molecule has 0 atom stereocenters. The summed E-state index contributed by atoms with van der Waals surface area (Å²) in [6.45, 7) is 0. The summed E-state index contributed by atoms with van der Waals surface area (Å²) in [4.78, 5) is 12.0. The molecule has 2 aromatic carbocycles. The number of amides is 1. The van der Waals surface area contributed by atoms with Gasteiger partial charge in [0.25, 0.3) is 0 Å². The number of tetrazole rings is 1. The van der Waals surface area contributed by atoms with Crippen LogP contribution >= 0.6 is 11.8 Å². The summed E-state index contributed by atoms with van der Waals surface area (Å²) in [5.41, 5.74) is 0.671. The van der Waals surface area contributed by atoms with Gasteiger partial charge in [0.2, 0.25) is 11.1 Å². The number of hydrogen-bond donors (Lipinski definition) is 1. The number of aryl methyl sites for hydroxylation is 1. The van der Waals surface area contributed by atoms with Crippen LogP contribution in [0.2, 0.25) is 0 Å². The van der Waals surface area contributed by atoms with E-state index in [-0.39, 0.29) is 11.7 Å². The molecule has 7 nitrogen and oxygen atoms in total. The van der Waals surface area contributed by atoms with Crippen molar-refractivity contribution in [2.24, 2.45) is 7.05 Å². The van der Waals surface area contributed by atoms with Crippen molar-refractivity contribution in [2.45, 2.75) is 5.16 Å². The molecule has 0 radical (unpaired) electrons. The first-order valence-electron chi connectivity index (χ1n) is 7.19. The zero-order valence-corrected chi connectivity index (χ0v) is 13.7. The number of carbonyl (C=O) groups excluding carboxylic acids is 1. The van der Waals surface area contributed by atoms with Crippen LogP contribution in [0.4, 0.5) is 5.69 Å². The first-order chi connectivity index (χ1) is 11.7. The van der Waals surface area contributed by atoms with Crippen molar-refractivity contribution in [3.8, 4) is 11.5 Å². The molecule has 1 heterocycles. The summed E-state index contributed by atoms with van der Waals surface area (Å²) < 4.78 is 7.27. The smallest absolute Gasteiger partial charge is 0.234 e. The van der Waals surface area contributed by atoms with Gasteiger partial charge in [0.1, 0.15) is 11.5 Å². The molecule has 0 aliphatic carbocycles. The predicted molar refractivity (Wildman–Crippen MR) is 91.1 cm³/mol. The molecule has 1 aromatic heterocycles. The molecule has 8 heteroatoms. The van der Waals surface area contributed by atoms with Gasteiger partial charge >= 0.3 is 0 Å². The Hall–Kier alpha value is -2.87. The van der Waals surface area contributed by atoms with Crippen molar-refractivity contribution in [1.82, 2.24) is 20.2 Å². The minimum absolute atomic E-state index is 0.139. The molecule has 0 saturated carbocycles. The molecule has 3 aromatic rings. The summed E-state index contributed by atoms with van der Waals surface area (Å²) in [6, 6.07) is 16.7. The molecule has 122 valence electrons. The van der Waals surface area contributed by atoms with Crippen molar-refractivity contribution < 1.29 is 9.53 Å². The van der Waals surface area contributed by atoms with E-state index >= 15 is 0 Å². The monoisotopic (exact) mass is 341 g/mol. The second-order valence-corrected chi connectivity index (χ2v) is 5.81. The third-order valence-electron chi connectivity index (χ3n) is 3.01. The molecule has 1 amide bonds. The van der Waals surface area contributed by atoms with E-state index in [1.807, 2.05) is 48.5 Å². The number of aromatic nitrogens is 4. The first-order valence-corrected chi connectivity index (χ1v) is 8.17. The number of ether oxygens (including phenoxy) is 1. The van der Waals surface area contributed by atoms with Crippen molar-refractivity contribution in [3.63, 3.8) is 0 Å². The number of para-hydroxylation sites is 1. The van der Waals surface area contributed by atoms with E-state index in [4.69, 9.17) is 4.74 Å². The van der Waals surface area contributed by atoms with Crippen molar-refractivity contribution in [1.29, 1.82) is 0 Å². The van der Waals surface area contributed by atoms with Gasteiger partial charge in [-0.1, -0.05) is 36.0 Å². The van der Waals surface area contributed by atoms with E-state index < -0.39 is 0 Å². The van der Waals surface area contributed by atoms with Gasteiger partial charge in [-0.3, -0.25) is 4.79 Å². The SMILES string of the molecule is Cn1nnnc1SCC(=O)Nc1cccc(Oc2ccccc2)c1. The molecule has 0 aliphatic heterocycles. The lowest BCUT2D eigenvalue weighted by Gasteiger charge is -2.08. The summed E-state index contributed by atoms with van der Waals surface area (Å²) in [6.07, 6.45) is 0. The van der Waals surface area contributed by atoms with E-state index in [2.05, 4.69) is 20.8 Å². The van der Waals surface area contributed by atoms with Crippen LogP contribution < -0.4 is 10.1 Å². The summed E-state index contributed by atoms with van der Waals surface area (Å²) in [7, 11) is 1.73. The maximum Gasteiger partial charge on any atom is 0.234 e. The third-order valence-corrected chi connectivity index (χ3v) is 4.02. The third kappa shape index (κ3) is 4.32. The minimum Gasteiger partial charge on any atom is -0.457 e. The fraction of sp³-hybridized carbons (Fsp3) is 0.125. The lowest BCUT2D eigenvalue weighted by atomic mass is 10.3. The van der Waals surface area contributed by atoms with Gasteiger partial charge < -0.3 is 10.1 Å². The van der Waals surface area contributed by atoms with Crippen LogP contribution in [-0.4, -0.2) is 31.9 Å². The standard InChI is InChI=1S/C16H15N5O2S/c1-21-16(18-19-20-21)24-11-15(22)17-12-6-5-9-14(10-12)23-13-7-3-2-4-8-13/h2-10H,11H2,1H3,(H,17,22). The molecule has 0 fully saturated rings. The number of carbonyl (C=O) groups is 1. The van der Waals surface area contributed by atoms with E-state index in [0.717, 1.165) is 5.75 Å². The Morgan fingerprint density at radius 3 is 2.71 bits per heavy atom. The second-order valence-electron chi connectivity index (χ2n) is 4.86. The van der Waals surface area contributed by atoms with Crippen LogP contribution in [-0.2, 0) is 11.8 Å². The molecule has 3 rings (SSSR count). The zero-order valence-electron chi connectivity index (χ0n) is 12.9. The molecule has 0 spiro atoms. The highest BCUT2D eigenvalue weighted by atomic mass is 32.2. The Kier molecular flexibility index (Phi) is 5.07. The molecular weight excluding hydrogens is 326 g/mol. The lowest BCUT2D eigenvalue weighted by Crippen LogP contribution is -2.14. The second kappa shape index (κ2) is 7.60. The Morgan fingerprint density at radius 2 is 1.96 bits per heavy atom. The van der Waals surface area contributed by atoms with Gasteiger partial charge in [-0.2, -0.15) is 0 Å². The van der Waals surface area contributed by atoms with Crippen molar-refractivity contribution in [2.75, 3.05) is 11.1 Å². The number of hydrogen-bond acceptors (Lipinski definition) is 6. The van der Waals surface area contributed by atoms with Crippen LogP contribution in [0.15, 0.2) is 59.8 Å². The number of nitrogens with one attached hydrogen (secondary N) is 1. The minimum atomic E-state index is -0.139. The van der Waals surface area contributed by atoms with Gasteiger partial charge in [0.15, 0.2) is 0 Å². The van der Waals surface area contributed by atoms with Gasteiger partial charge in [-0.25, -0.2) is 4.68 Å². The van der Waals surface area contributed by atoms with Crippen molar-refractivity contribution >= 4 is 23.4 Å². The summed E-state index contributed by atoms with van der Waals surface area (Å²) in [5.74, 6) is 1.48. The highest BCUT2D eigenvalue weighted by Crippen LogP contribution is 2.24. The van der Waals surface area contributed by atoms with E-state index in [1.165, 1.54) is 16.4 Å². The number of anilines is 1. The molecule has 0 aliphatic rings. The fourth-order valence-corrected chi connectivity index (χ4v) is 2.58. The number of rotatable bonds is 6. The quantitative estimate of drug-likeness (QED) is 0.694. The Balaban J connectivity index is 1.58. The maximum atomic E-state index is 12.0. The highest BCUT2D eigenvalue weighted by Gasteiger charge is 2.08. The molecule has 0 unspecified atom stereocenters. The van der Waals surface area contributed by atoms with Crippen LogP contribution in [0.25, 0.3) is 0 Å². The van der Waals surface area contributed by atoms with Gasteiger partial charge in [-0.15, -0.1) is 5.10 Å².